The number of hydrogen-bond acceptors (Lipinski definition) is 3. The highest BCUT2D eigenvalue weighted by Crippen LogP contribution is 2.17. The SMILES string of the molecule is Cc1cc(CNC(=O)CN(C)Cc2sccc2C)ccc1F. The summed E-state index contributed by atoms with van der Waals surface area (Å²) in [5.41, 5.74) is 2.76. The van der Waals surface area contributed by atoms with Crippen molar-refractivity contribution in [2.75, 3.05) is 13.6 Å². The Morgan fingerprint density at radius 3 is 2.68 bits per heavy atom. The zero-order valence-electron chi connectivity index (χ0n) is 13.1. The van der Waals surface area contributed by atoms with E-state index >= 15 is 0 Å². The van der Waals surface area contributed by atoms with E-state index in [0.29, 0.717) is 18.7 Å². The Bertz CT molecular complexity index is 654. The van der Waals surface area contributed by atoms with Crippen molar-refractivity contribution in [1.29, 1.82) is 0 Å². The van der Waals surface area contributed by atoms with Crippen molar-refractivity contribution in [3.8, 4) is 0 Å². The number of carbonyl (C=O) groups excluding carboxylic acids is 1. The molecule has 0 atom stereocenters. The van der Waals surface area contributed by atoms with E-state index < -0.39 is 0 Å². The van der Waals surface area contributed by atoms with Crippen molar-refractivity contribution in [3.63, 3.8) is 0 Å². The Balaban J connectivity index is 1.80. The fourth-order valence-electron chi connectivity index (χ4n) is 2.19. The van der Waals surface area contributed by atoms with Crippen molar-refractivity contribution < 1.29 is 9.18 Å². The fourth-order valence-corrected chi connectivity index (χ4v) is 3.17. The molecule has 0 aliphatic heterocycles. The summed E-state index contributed by atoms with van der Waals surface area (Å²) in [6.45, 7) is 5.34. The molecule has 2 rings (SSSR count). The molecule has 0 radical (unpaired) electrons. The van der Waals surface area contributed by atoms with Crippen LogP contribution in [0.2, 0.25) is 0 Å². The molecule has 1 N–H and O–H groups in total. The highest BCUT2D eigenvalue weighted by molar-refractivity contribution is 7.10. The second-order valence-corrected chi connectivity index (χ2v) is 6.56. The lowest BCUT2D eigenvalue weighted by Crippen LogP contribution is -2.34. The van der Waals surface area contributed by atoms with Crippen LogP contribution in [0.1, 0.15) is 21.6 Å². The molecule has 0 unspecified atom stereocenters. The van der Waals surface area contributed by atoms with Crippen LogP contribution >= 0.6 is 11.3 Å². The van der Waals surface area contributed by atoms with Crippen LogP contribution in [0.3, 0.4) is 0 Å². The molecule has 2 aromatic rings. The number of likely N-dealkylation sites (N-methyl/N-ethyl adjacent to an activating group) is 1. The largest absolute Gasteiger partial charge is 0.351 e. The van der Waals surface area contributed by atoms with Crippen molar-refractivity contribution in [3.05, 3.63) is 57.0 Å². The Hall–Kier alpha value is -1.72. The third-order valence-electron chi connectivity index (χ3n) is 3.51. The molecule has 0 aliphatic carbocycles. The van der Waals surface area contributed by atoms with E-state index in [0.717, 1.165) is 12.1 Å². The second-order valence-electron chi connectivity index (χ2n) is 5.56. The van der Waals surface area contributed by atoms with Crippen LogP contribution in [0.15, 0.2) is 29.6 Å². The molecular weight excluding hydrogens is 299 g/mol. The van der Waals surface area contributed by atoms with Crippen molar-refractivity contribution >= 4 is 17.2 Å². The zero-order chi connectivity index (χ0) is 16.1. The summed E-state index contributed by atoms with van der Waals surface area (Å²) in [4.78, 5) is 15.2. The smallest absolute Gasteiger partial charge is 0.234 e. The van der Waals surface area contributed by atoms with Crippen LogP contribution in [0.4, 0.5) is 4.39 Å². The topological polar surface area (TPSA) is 32.3 Å². The van der Waals surface area contributed by atoms with Gasteiger partial charge in [-0.3, -0.25) is 9.69 Å². The molecule has 5 heteroatoms. The summed E-state index contributed by atoms with van der Waals surface area (Å²) >= 11 is 1.71. The van der Waals surface area contributed by atoms with E-state index in [9.17, 15) is 9.18 Å². The van der Waals surface area contributed by atoms with Gasteiger partial charge in [-0.05, 0) is 55.1 Å². The molecule has 0 saturated heterocycles. The van der Waals surface area contributed by atoms with Crippen LogP contribution in [0.5, 0.6) is 0 Å². The van der Waals surface area contributed by atoms with Gasteiger partial charge in [0.25, 0.3) is 0 Å². The maximum atomic E-state index is 13.2. The van der Waals surface area contributed by atoms with Gasteiger partial charge in [-0.25, -0.2) is 4.39 Å². The summed E-state index contributed by atoms with van der Waals surface area (Å²) in [6, 6.07) is 6.98. The predicted octanol–water partition coefficient (Wildman–Crippen LogP) is 3.25. The van der Waals surface area contributed by atoms with Crippen LogP contribution in [0, 0.1) is 19.7 Å². The van der Waals surface area contributed by atoms with E-state index in [2.05, 4.69) is 23.7 Å². The Morgan fingerprint density at radius 1 is 1.27 bits per heavy atom. The summed E-state index contributed by atoms with van der Waals surface area (Å²) in [7, 11) is 1.93. The summed E-state index contributed by atoms with van der Waals surface area (Å²) in [5.74, 6) is -0.250. The molecule has 0 fully saturated rings. The number of rotatable bonds is 6. The maximum absolute atomic E-state index is 13.2. The number of nitrogens with one attached hydrogen (secondary N) is 1. The van der Waals surface area contributed by atoms with Gasteiger partial charge in [0.2, 0.25) is 5.91 Å². The molecule has 0 aliphatic rings. The predicted molar refractivity (Wildman–Crippen MR) is 88.4 cm³/mol. The van der Waals surface area contributed by atoms with Crippen LogP contribution in [0.25, 0.3) is 0 Å². The Kier molecular flexibility index (Phi) is 5.69. The minimum Gasteiger partial charge on any atom is -0.351 e. The normalized spacial score (nSPS) is 11.0. The first-order chi connectivity index (χ1) is 10.5. The van der Waals surface area contributed by atoms with Crippen LogP contribution < -0.4 is 5.32 Å². The monoisotopic (exact) mass is 320 g/mol. The number of carbonyl (C=O) groups is 1. The number of benzene rings is 1. The fraction of sp³-hybridized carbons (Fsp3) is 0.353. The van der Waals surface area contributed by atoms with Gasteiger partial charge < -0.3 is 5.32 Å². The van der Waals surface area contributed by atoms with Gasteiger partial charge in [-0.15, -0.1) is 11.3 Å². The summed E-state index contributed by atoms with van der Waals surface area (Å²) in [5, 5.41) is 4.94. The lowest BCUT2D eigenvalue weighted by molar-refractivity contribution is -0.122. The minimum atomic E-state index is -0.221. The molecule has 0 spiro atoms. The van der Waals surface area contributed by atoms with Crippen molar-refractivity contribution in [2.24, 2.45) is 0 Å². The Morgan fingerprint density at radius 2 is 2.05 bits per heavy atom. The molecule has 0 bridgehead atoms. The van der Waals surface area contributed by atoms with E-state index in [1.54, 1.807) is 30.4 Å². The molecule has 22 heavy (non-hydrogen) atoms. The molecule has 118 valence electrons. The van der Waals surface area contributed by atoms with Crippen LogP contribution in [-0.4, -0.2) is 24.4 Å². The number of thiophene rings is 1. The number of hydrogen-bond donors (Lipinski definition) is 1. The van der Waals surface area contributed by atoms with E-state index in [1.165, 1.54) is 16.5 Å². The molecular formula is C17H21FN2OS. The van der Waals surface area contributed by atoms with E-state index in [-0.39, 0.29) is 11.7 Å². The minimum absolute atomic E-state index is 0.0290. The highest BCUT2D eigenvalue weighted by Gasteiger charge is 2.09. The average molecular weight is 320 g/mol. The van der Waals surface area contributed by atoms with Crippen molar-refractivity contribution in [2.45, 2.75) is 26.9 Å². The lowest BCUT2D eigenvalue weighted by Gasteiger charge is -2.16. The van der Waals surface area contributed by atoms with Crippen molar-refractivity contribution in [1.82, 2.24) is 10.2 Å². The molecule has 1 aromatic heterocycles. The van der Waals surface area contributed by atoms with Gasteiger partial charge in [0.05, 0.1) is 6.54 Å². The van der Waals surface area contributed by atoms with Gasteiger partial charge in [0.1, 0.15) is 5.82 Å². The van der Waals surface area contributed by atoms with Gasteiger partial charge in [-0.2, -0.15) is 0 Å². The van der Waals surface area contributed by atoms with Gasteiger partial charge >= 0.3 is 0 Å². The first kappa shape index (κ1) is 16.6. The van der Waals surface area contributed by atoms with E-state index in [4.69, 9.17) is 0 Å². The van der Waals surface area contributed by atoms with Crippen LogP contribution in [-0.2, 0) is 17.9 Å². The number of amides is 1. The van der Waals surface area contributed by atoms with Gasteiger partial charge in [0, 0.05) is 18.0 Å². The molecule has 1 amide bonds. The summed E-state index contributed by atoms with van der Waals surface area (Å²) < 4.78 is 13.2. The van der Waals surface area contributed by atoms with Gasteiger partial charge in [-0.1, -0.05) is 12.1 Å². The standard InChI is InChI=1S/C17H21FN2OS/c1-12-6-7-22-16(12)10-20(3)11-17(21)19-9-14-4-5-15(18)13(2)8-14/h4-8H,9-11H2,1-3H3,(H,19,21). The number of nitrogens with zero attached hydrogens (tertiary/aromatic N) is 1. The third-order valence-corrected chi connectivity index (χ3v) is 4.52. The first-order valence-electron chi connectivity index (χ1n) is 7.19. The molecule has 0 saturated carbocycles. The molecule has 3 nitrogen and oxygen atoms in total. The highest BCUT2D eigenvalue weighted by atomic mass is 32.1. The van der Waals surface area contributed by atoms with E-state index in [1.807, 2.05) is 11.9 Å². The average Bonchev–Trinajstić information content (AvgIpc) is 2.85. The molecule has 1 heterocycles. The second kappa shape index (κ2) is 7.51. The number of aryl methyl sites for hydroxylation is 2. The van der Waals surface area contributed by atoms with Gasteiger partial charge in [0.15, 0.2) is 0 Å². The lowest BCUT2D eigenvalue weighted by atomic mass is 10.1. The third kappa shape index (κ3) is 4.64. The Labute approximate surface area is 134 Å². The number of halogens is 1. The zero-order valence-corrected chi connectivity index (χ0v) is 14.0. The quantitative estimate of drug-likeness (QED) is 0.886. The summed E-state index contributed by atoms with van der Waals surface area (Å²) in [6.07, 6.45) is 0. The first-order valence-corrected chi connectivity index (χ1v) is 8.07. The molecule has 1 aromatic carbocycles. The maximum Gasteiger partial charge on any atom is 0.234 e.